The summed E-state index contributed by atoms with van der Waals surface area (Å²) in [4.78, 5) is 0. The van der Waals surface area contributed by atoms with E-state index in [0.29, 0.717) is 0 Å². The summed E-state index contributed by atoms with van der Waals surface area (Å²) in [5, 5.41) is 0. The predicted octanol–water partition coefficient (Wildman–Crippen LogP) is -0.398. The molecule has 0 amide bonds. The normalized spacial score (nSPS) is 9.23. The molecule has 0 saturated carbocycles. The smallest absolute Gasteiger partial charge is 0.0825 e. The maximum Gasteiger partial charge on any atom is 0.0825 e. The Kier molecular flexibility index (Phi) is 2.92. The fraction of sp³-hybridized carbons (Fsp3) is 0. The molecule has 1 aromatic rings. The zero-order valence-electron chi connectivity index (χ0n) is 6.87. The zero-order chi connectivity index (χ0) is 9.46. The number of benzene rings is 1. The number of hydrogen-bond donors (Lipinski definition) is 6. The highest BCUT2D eigenvalue weighted by Crippen LogP contribution is 2.39. The maximum atomic E-state index is 5.49. The molecular weight excluding hydrogens is 192 g/mol. The Balaban J connectivity index is 0.00000144. The lowest BCUT2D eigenvalue weighted by molar-refractivity contribution is 1.61. The van der Waals surface area contributed by atoms with Crippen molar-refractivity contribution in [2.45, 2.75) is 0 Å². The van der Waals surface area contributed by atoms with E-state index in [2.05, 4.69) is 0 Å². The zero-order valence-corrected chi connectivity index (χ0v) is 7.69. The van der Waals surface area contributed by atoms with Gasteiger partial charge < -0.3 is 34.4 Å². The summed E-state index contributed by atoms with van der Waals surface area (Å²) < 4.78 is 0. The fourth-order valence-electron chi connectivity index (χ4n) is 0.871. The van der Waals surface area contributed by atoms with Crippen molar-refractivity contribution in [3.8, 4) is 0 Å². The van der Waals surface area contributed by atoms with Crippen molar-refractivity contribution >= 4 is 46.5 Å². The number of nitrogens with two attached hydrogens (primary N) is 6. The van der Waals surface area contributed by atoms with Crippen LogP contribution in [0.4, 0.5) is 34.1 Å². The van der Waals surface area contributed by atoms with E-state index in [1.54, 1.807) is 0 Å². The summed E-state index contributed by atoms with van der Waals surface area (Å²) >= 11 is 0. The molecule has 0 heterocycles. The highest BCUT2D eigenvalue weighted by atomic mass is 35.5. The van der Waals surface area contributed by atoms with Crippen LogP contribution in [0.15, 0.2) is 0 Å². The van der Waals surface area contributed by atoms with E-state index in [4.69, 9.17) is 34.4 Å². The maximum absolute atomic E-state index is 5.49. The first-order valence-electron chi connectivity index (χ1n) is 3.23. The van der Waals surface area contributed by atoms with Crippen LogP contribution in [0.25, 0.3) is 0 Å². The Morgan fingerprint density at radius 2 is 0.462 bits per heavy atom. The van der Waals surface area contributed by atoms with Gasteiger partial charge in [-0.1, -0.05) is 0 Å². The van der Waals surface area contributed by atoms with Gasteiger partial charge >= 0.3 is 0 Å². The van der Waals surface area contributed by atoms with Crippen molar-refractivity contribution in [2.75, 3.05) is 34.4 Å². The highest BCUT2D eigenvalue weighted by molar-refractivity contribution is 6.02. The lowest BCUT2D eigenvalue weighted by Gasteiger charge is -2.13. The van der Waals surface area contributed by atoms with Gasteiger partial charge in [0.2, 0.25) is 0 Å². The van der Waals surface area contributed by atoms with E-state index in [-0.39, 0.29) is 46.5 Å². The second kappa shape index (κ2) is 3.36. The van der Waals surface area contributed by atoms with Gasteiger partial charge in [-0.25, -0.2) is 0 Å². The first kappa shape index (κ1) is 11.3. The summed E-state index contributed by atoms with van der Waals surface area (Å²) in [5.74, 6) is 0. The highest BCUT2D eigenvalue weighted by Gasteiger charge is 2.12. The Labute approximate surface area is 81.6 Å². The quantitative estimate of drug-likeness (QED) is 0.316. The Morgan fingerprint density at radius 3 is 0.538 bits per heavy atom. The molecule has 1 aromatic carbocycles. The van der Waals surface area contributed by atoms with Crippen LogP contribution in [0.1, 0.15) is 0 Å². The van der Waals surface area contributed by atoms with Crippen LogP contribution in [0.2, 0.25) is 0 Å². The van der Waals surface area contributed by atoms with Crippen LogP contribution in [0.3, 0.4) is 0 Å². The first-order chi connectivity index (χ1) is 5.46. The summed E-state index contributed by atoms with van der Waals surface area (Å²) in [5.41, 5.74) is 34.0. The van der Waals surface area contributed by atoms with Gasteiger partial charge in [-0.15, -0.1) is 12.4 Å². The molecule has 0 bridgehead atoms. The number of anilines is 6. The van der Waals surface area contributed by atoms with Gasteiger partial charge in [-0.3, -0.25) is 0 Å². The molecule has 13 heavy (non-hydrogen) atoms. The van der Waals surface area contributed by atoms with Crippen LogP contribution < -0.4 is 34.4 Å². The van der Waals surface area contributed by atoms with Crippen molar-refractivity contribution in [3.05, 3.63) is 0 Å². The Morgan fingerprint density at radius 1 is 0.385 bits per heavy atom. The largest absolute Gasteiger partial charge is 0.395 e. The van der Waals surface area contributed by atoms with Crippen molar-refractivity contribution < 1.29 is 0 Å². The molecule has 0 spiro atoms. The summed E-state index contributed by atoms with van der Waals surface area (Å²) in [6.45, 7) is 0. The van der Waals surface area contributed by atoms with Gasteiger partial charge in [0, 0.05) is 0 Å². The lowest BCUT2D eigenvalue weighted by atomic mass is 10.1. The molecule has 0 aliphatic heterocycles. The van der Waals surface area contributed by atoms with Crippen molar-refractivity contribution in [2.24, 2.45) is 0 Å². The molecule has 0 atom stereocenters. The molecule has 0 aromatic heterocycles. The van der Waals surface area contributed by atoms with E-state index in [9.17, 15) is 0 Å². The average Bonchev–Trinajstić information content (AvgIpc) is 2.08. The van der Waals surface area contributed by atoms with Crippen LogP contribution in [-0.2, 0) is 0 Å². The van der Waals surface area contributed by atoms with E-state index in [1.165, 1.54) is 0 Å². The molecule has 0 saturated heterocycles. The molecule has 6 nitrogen and oxygen atoms in total. The van der Waals surface area contributed by atoms with Gasteiger partial charge in [0.15, 0.2) is 0 Å². The molecule has 0 aliphatic rings. The molecular formula is C6H13ClN6. The van der Waals surface area contributed by atoms with Gasteiger partial charge in [0.1, 0.15) is 0 Å². The molecule has 12 N–H and O–H groups in total. The Bertz CT molecular complexity index is 231. The predicted molar refractivity (Wildman–Crippen MR) is 60.2 cm³/mol. The summed E-state index contributed by atoms with van der Waals surface area (Å²) in [6, 6.07) is 0. The van der Waals surface area contributed by atoms with Gasteiger partial charge in [-0.2, -0.15) is 0 Å². The number of halogens is 1. The minimum absolute atomic E-state index is 0. The summed E-state index contributed by atoms with van der Waals surface area (Å²) in [6.07, 6.45) is 0. The fourth-order valence-corrected chi connectivity index (χ4v) is 0.871. The second-order valence-corrected chi connectivity index (χ2v) is 2.48. The van der Waals surface area contributed by atoms with E-state index in [0.717, 1.165) is 0 Å². The van der Waals surface area contributed by atoms with Crippen LogP contribution in [0, 0.1) is 0 Å². The van der Waals surface area contributed by atoms with E-state index < -0.39 is 0 Å². The molecule has 0 aliphatic carbocycles. The topological polar surface area (TPSA) is 156 Å². The lowest BCUT2D eigenvalue weighted by Crippen LogP contribution is -2.10. The molecule has 1 rings (SSSR count). The van der Waals surface area contributed by atoms with Crippen LogP contribution in [-0.4, -0.2) is 0 Å². The molecule has 0 fully saturated rings. The average molecular weight is 205 g/mol. The number of hydrogen-bond acceptors (Lipinski definition) is 6. The SMILES string of the molecule is Cl.Nc1c(N)c(N)c(N)c(N)c1N. The van der Waals surface area contributed by atoms with Crippen molar-refractivity contribution in [1.82, 2.24) is 0 Å². The summed E-state index contributed by atoms with van der Waals surface area (Å²) in [7, 11) is 0. The third-order valence-electron chi connectivity index (χ3n) is 1.74. The van der Waals surface area contributed by atoms with Gasteiger partial charge in [0.05, 0.1) is 34.1 Å². The van der Waals surface area contributed by atoms with Gasteiger partial charge in [0.25, 0.3) is 0 Å². The van der Waals surface area contributed by atoms with Crippen LogP contribution in [0.5, 0.6) is 0 Å². The third-order valence-corrected chi connectivity index (χ3v) is 1.74. The third kappa shape index (κ3) is 1.43. The van der Waals surface area contributed by atoms with Gasteiger partial charge in [-0.05, 0) is 0 Å². The first-order valence-corrected chi connectivity index (χ1v) is 3.23. The molecule has 0 unspecified atom stereocenters. The van der Waals surface area contributed by atoms with Crippen molar-refractivity contribution in [1.29, 1.82) is 0 Å². The van der Waals surface area contributed by atoms with Crippen molar-refractivity contribution in [3.63, 3.8) is 0 Å². The standard InChI is InChI=1S/C6H12N6.ClH/c7-1-2(8)4(10)6(12)5(11)3(1)9;/h7-12H2;1H. The van der Waals surface area contributed by atoms with Crippen LogP contribution >= 0.6 is 12.4 Å². The molecule has 0 radical (unpaired) electrons. The molecule has 7 heteroatoms. The minimum Gasteiger partial charge on any atom is -0.395 e. The number of rotatable bonds is 0. The van der Waals surface area contributed by atoms with E-state index in [1.807, 2.05) is 0 Å². The monoisotopic (exact) mass is 204 g/mol. The number of nitrogen functional groups attached to an aromatic ring is 6. The Hall–Kier alpha value is -1.69. The van der Waals surface area contributed by atoms with E-state index >= 15 is 0 Å². The minimum atomic E-state index is 0. The second-order valence-electron chi connectivity index (χ2n) is 2.48. The molecule has 74 valence electrons.